The molecule has 0 aromatic heterocycles. The van der Waals surface area contributed by atoms with Crippen molar-refractivity contribution in [1.29, 1.82) is 0 Å². The smallest absolute Gasteiger partial charge is 0.338 e. The summed E-state index contributed by atoms with van der Waals surface area (Å²) in [5.74, 6) is -1.28. The quantitative estimate of drug-likeness (QED) is 0.679. The van der Waals surface area contributed by atoms with Crippen LogP contribution in [0.3, 0.4) is 0 Å². The fourth-order valence-electron chi connectivity index (χ4n) is 3.21. The number of nitrogens with zero attached hydrogens (tertiary/aromatic N) is 1. The number of aromatic hydroxyl groups is 1. The Kier molecular flexibility index (Phi) is 6.73. The Hall–Kier alpha value is -2.91. The molecule has 0 unspecified atom stereocenters. The van der Waals surface area contributed by atoms with Crippen molar-refractivity contribution in [1.82, 2.24) is 4.31 Å². The summed E-state index contributed by atoms with van der Waals surface area (Å²) in [6, 6.07) is 10.1. The summed E-state index contributed by atoms with van der Waals surface area (Å²) in [6.45, 7) is 2.17. The predicted octanol–water partition coefficient (Wildman–Crippen LogP) is 2.67. The lowest BCUT2D eigenvalue weighted by molar-refractivity contribution is -0.119. The molecule has 1 amide bonds. The predicted molar refractivity (Wildman–Crippen MR) is 111 cm³/mol. The van der Waals surface area contributed by atoms with Gasteiger partial charge in [-0.05, 0) is 61.7 Å². The van der Waals surface area contributed by atoms with Crippen molar-refractivity contribution in [3.8, 4) is 5.75 Å². The Balaban J connectivity index is 1.65. The first kappa shape index (κ1) is 21.8. The fraction of sp³-hybridized carbons (Fsp3) is 0.333. The number of aryl methyl sites for hydroxylation is 1. The number of carbonyl (C=O) groups is 2. The number of phenolic OH excluding ortho intramolecular Hbond substituents is 1. The Morgan fingerprint density at radius 1 is 1.07 bits per heavy atom. The third-order valence-electron chi connectivity index (χ3n) is 4.84. The van der Waals surface area contributed by atoms with Gasteiger partial charge in [0.25, 0.3) is 5.91 Å². The third-order valence-corrected chi connectivity index (χ3v) is 6.88. The standard InChI is InChI=1S/C21H24N2O6S/c1-15-5-8-17(13-19(15)30(27,28)23-11-3-2-4-12-23)22-20(25)14-29-21(26)16-6-9-18(24)10-7-16/h5-10,13,24H,2-4,11-12,14H2,1H3,(H,22,25). The van der Waals surface area contributed by atoms with Crippen molar-refractivity contribution >= 4 is 27.6 Å². The van der Waals surface area contributed by atoms with Crippen LogP contribution in [0, 0.1) is 6.92 Å². The number of nitrogens with one attached hydrogen (secondary N) is 1. The number of sulfonamides is 1. The first-order chi connectivity index (χ1) is 14.3. The van der Waals surface area contributed by atoms with Crippen molar-refractivity contribution in [2.24, 2.45) is 0 Å². The van der Waals surface area contributed by atoms with E-state index in [1.54, 1.807) is 19.1 Å². The molecule has 0 saturated carbocycles. The van der Waals surface area contributed by atoms with Gasteiger partial charge in [-0.15, -0.1) is 0 Å². The molecule has 1 aliphatic heterocycles. The Morgan fingerprint density at radius 3 is 2.40 bits per heavy atom. The normalized spacial score (nSPS) is 14.8. The van der Waals surface area contributed by atoms with E-state index in [0.29, 0.717) is 24.3 Å². The highest BCUT2D eigenvalue weighted by Crippen LogP contribution is 2.26. The second-order valence-corrected chi connectivity index (χ2v) is 9.02. The summed E-state index contributed by atoms with van der Waals surface area (Å²) in [5.41, 5.74) is 1.10. The molecule has 9 heteroatoms. The van der Waals surface area contributed by atoms with Gasteiger partial charge in [-0.3, -0.25) is 4.79 Å². The summed E-state index contributed by atoms with van der Waals surface area (Å²) in [7, 11) is -3.64. The average Bonchev–Trinajstić information content (AvgIpc) is 2.74. The zero-order valence-electron chi connectivity index (χ0n) is 16.6. The Morgan fingerprint density at radius 2 is 1.73 bits per heavy atom. The molecule has 0 aliphatic carbocycles. The molecule has 0 spiro atoms. The number of rotatable bonds is 6. The minimum atomic E-state index is -3.64. The average molecular weight is 432 g/mol. The van der Waals surface area contributed by atoms with Crippen LogP contribution in [-0.2, 0) is 19.6 Å². The number of ether oxygens (including phenoxy) is 1. The van der Waals surface area contributed by atoms with Gasteiger partial charge in [0.2, 0.25) is 10.0 Å². The molecule has 0 radical (unpaired) electrons. The molecule has 8 nitrogen and oxygen atoms in total. The number of amides is 1. The van der Waals surface area contributed by atoms with E-state index in [1.807, 2.05) is 0 Å². The van der Waals surface area contributed by atoms with E-state index in [2.05, 4.69) is 5.32 Å². The summed E-state index contributed by atoms with van der Waals surface area (Å²) >= 11 is 0. The van der Waals surface area contributed by atoms with E-state index >= 15 is 0 Å². The van der Waals surface area contributed by atoms with Gasteiger partial charge in [0, 0.05) is 18.8 Å². The maximum absolute atomic E-state index is 13.0. The van der Waals surface area contributed by atoms with Gasteiger partial charge >= 0.3 is 5.97 Å². The van der Waals surface area contributed by atoms with E-state index in [1.165, 1.54) is 34.6 Å². The zero-order valence-corrected chi connectivity index (χ0v) is 17.4. The monoisotopic (exact) mass is 432 g/mol. The highest BCUT2D eigenvalue weighted by atomic mass is 32.2. The van der Waals surface area contributed by atoms with Crippen LogP contribution in [0.2, 0.25) is 0 Å². The number of phenols is 1. The molecule has 2 N–H and O–H groups in total. The lowest BCUT2D eigenvalue weighted by Crippen LogP contribution is -2.36. The van der Waals surface area contributed by atoms with Crippen molar-refractivity contribution in [3.05, 3.63) is 53.6 Å². The van der Waals surface area contributed by atoms with Crippen LogP contribution in [0.15, 0.2) is 47.4 Å². The number of piperidine rings is 1. The SMILES string of the molecule is Cc1ccc(NC(=O)COC(=O)c2ccc(O)cc2)cc1S(=O)(=O)N1CCCCC1. The molecule has 30 heavy (non-hydrogen) atoms. The highest BCUT2D eigenvalue weighted by Gasteiger charge is 2.27. The fourth-order valence-corrected chi connectivity index (χ4v) is 4.98. The first-order valence-electron chi connectivity index (χ1n) is 9.64. The molecule has 1 heterocycles. The lowest BCUT2D eigenvalue weighted by atomic mass is 10.2. The van der Waals surface area contributed by atoms with E-state index in [-0.39, 0.29) is 16.2 Å². The van der Waals surface area contributed by atoms with Crippen LogP contribution in [0.25, 0.3) is 0 Å². The second-order valence-electron chi connectivity index (χ2n) is 7.12. The van der Waals surface area contributed by atoms with Gasteiger partial charge in [0.1, 0.15) is 5.75 Å². The highest BCUT2D eigenvalue weighted by molar-refractivity contribution is 7.89. The molecule has 1 saturated heterocycles. The number of carbonyl (C=O) groups excluding carboxylic acids is 2. The zero-order chi connectivity index (χ0) is 21.7. The molecule has 2 aromatic rings. The van der Waals surface area contributed by atoms with Crippen molar-refractivity contribution in [3.63, 3.8) is 0 Å². The maximum atomic E-state index is 13.0. The molecule has 2 aromatic carbocycles. The number of benzene rings is 2. The van der Waals surface area contributed by atoms with Gasteiger partial charge in [-0.1, -0.05) is 12.5 Å². The van der Waals surface area contributed by atoms with E-state index in [9.17, 15) is 23.1 Å². The molecule has 160 valence electrons. The molecule has 1 aliphatic rings. The van der Waals surface area contributed by atoms with Crippen LogP contribution in [0.1, 0.15) is 35.2 Å². The lowest BCUT2D eigenvalue weighted by Gasteiger charge is -2.26. The number of hydrogen-bond donors (Lipinski definition) is 2. The molecule has 0 bridgehead atoms. The van der Waals surface area contributed by atoms with Crippen molar-refractivity contribution in [2.75, 3.05) is 25.0 Å². The van der Waals surface area contributed by atoms with E-state index in [4.69, 9.17) is 4.74 Å². The minimum absolute atomic E-state index is 0.0129. The molecular formula is C21H24N2O6S. The number of esters is 1. The van der Waals surface area contributed by atoms with Crippen LogP contribution in [-0.4, -0.2) is 49.4 Å². The van der Waals surface area contributed by atoms with Crippen LogP contribution in [0.5, 0.6) is 5.75 Å². The Labute approximate surface area is 175 Å². The largest absolute Gasteiger partial charge is 0.508 e. The summed E-state index contributed by atoms with van der Waals surface area (Å²) in [4.78, 5) is 24.3. The number of anilines is 1. The van der Waals surface area contributed by atoms with Gasteiger partial charge < -0.3 is 15.2 Å². The molecule has 3 rings (SSSR count). The van der Waals surface area contributed by atoms with Crippen LogP contribution >= 0.6 is 0 Å². The molecular weight excluding hydrogens is 408 g/mol. The minimum Gasteiger partial charge on any atom is -0.508 e. The first-order valence-corrected chi connectivity index (χ1v) is 11.1. The summed E-state index contributed by atoms with van der Waals surface area (Å²) in [6.07, 6.45) is 2.69. The van der Waals surface area contributed by atoms with Gasteiger partial charge in [-0.25, -0.2) is 13.2 Å². The summed E-state index contributed by atoms with van der Waals surface area (Å²) in [5, 5.41) is 11.8. The van der Waals surface area contributed by atoms with Crippen LogP contribution in [0.4, 0.5) is 5.69 Å². The van der Waals surface area contributed by atoms with Crippen molar-refractivity contribution in [2.45, 2.75) is 31.1 Å². The molecule has 1 fully saturated rings. The molecule has 0 atom stereocenters. The van der Waals surface area contributed by atoms with Crippen LogP contribution < -0.4 is 5.32 Å². The number of hydrogen-bond acceptors (Lipinski definition) is 6. The summed E-state index contributed by atoms with van der Waals surface area (Å²) < 4.78 is 32.4. The van der Waals surface area contributed by atoms with E-state index in [0.717, 1.165) is 19.3 Å². The third kappa shape index (κ3) is 5.17. The second kappa shape index (κ2) is 9.27. The maximum Gasteiger partial charge on any atom is 0.338 e. The van der Waals surface area contributed by atoms with Gasteiger partial charge in [0.05, 0.1) is 10.5 Å². The Bertz CT molecular complexity index is 1030. The van der Waals surface area contributed by atoms with E-state index < -0.39 is 28.5 Å². The van der Waals surface area contributed by atoms with Crippen molar-refractivity contribution < 1.29 is 27.9 Å². The van der Waals surface area contributed by atoms with Gasteiger partial charge in [0.15, 0.2) is 6.61 Å². The topological polar surface area (TPSA) is 113 Å². The van der Waals surface area contributed by atoms with Gasteiger partial charge in [-0.2, -0.15) is 4.31 Å².